The molecule has 1 fully saturated rings. The fourth-order valence-corrected chi connectivity index (χ4v) is 1.40. The summed E-state index contributed by atoms with van der Waals surface area (Å²) in [5.74, 6) is 0. The van der Waals surface area contributed by atoms with Crippen molar-refractivity contribution in [2.45, 2.75) is 6.04 Å². The quantitative estimate of drug-likeness (QED) is 0.497. The smallest absolute Gasteiger partial charge is 0.231 e. The normalized spacial score (nSPS) is 28.3. The molecule has 1 rings (SSSR count). The van der Waals surface area contributed by atoms with Gasteiger partial charge in [-0.2, -0.15) is 0 Å². The molecule has 0 bridgehead atoms. The van der Waals surface area contributed by atoms with E-state index in [1.807, 2.05) is 0 Å². The minimum absolute atomic E-state index is 0.450. The van der Waals surface area contributed by atoms with Crippen LogP contribution in [-0.2, 0) is 0 Å². The molecule has 0 aromatic rings. The van der Waals surface area contributed by atoms with Crippen molar-refractivity contribution in [2.75, 3.05) is 40.3 Å². The number of piperazine rings is 1. The summed E-state index contributed by atoms with van der Waals surface area (Å²) < 4.78 is 0. The Bertz CT molecular complexity index is 161. The molecule has 3 heteroatoms. The zero-order chi connectivity index (χ0) is 8.27. The number of rotatable bonds is 1. The van der Waals surface area contributed by atoms with Gasteiger partial charge in [-0.3, -0.25) is 4.90 Å². The fourth-order valence-electron chi connectivity index (χ4n) is 1.40. The average Bonchev–Trinajstić information content (AvgIpc) is 1.98. The third kappa shape index (κ3) is 2.18. The molecule has 0 unspecified atom stereocenters. The Morgan fingerprint density at radius 1 is 1.45 bits per heavy atom. The van der Waals surface area contributed by atoms with Crippen LogP contribution in [0.4, 0.5) is 0 Å². The molecular formula is C8H15N3. The summed E-state index contributed by atoms with van der Waals surface area (Å²) in [5.41, 5.74) is 0. The molecule has 0 aromatic heterocycles. The molecule has 1 aliphatic rings. The SMILES string of the molecule is [C-]#[N+]C[C@@H]1CN(C)CCN1C. The molecule has 0 aliphatic carbocycles. The molecule has 0 saturated carbocycles. The van der Waals surface area contributed by atoms with E-state index in [9.17, 15) is 0 Å². The lowest BCUT2D eigenvalue weighted by molar-refractivity contribution is 0.123. The molecule has 3 nitrogen and oxygen atoms in total. The van der Waals surface area contributed by atoms with Crippen molar-refractivity contribution in [3.8, 4) is 0 Å². The number of hydrogen-bond acceptors (Lipinski definition) is 2. The van der Waals surface area contributed by atoms with Gasteiger partial charge >= 0.3 is 0 Å². The van der Waals surface area contributed by atoms with Crippen LogP contribution >= 0.6 is 0 Å². The Morgan fingerprint density at radius 2 is 2.18 bits per heavy atom. The van der Waals surface area contributed by atoms with Gasteiger partial charge in [-0.15, -0.1) is 0 Å². The van der Waals surface area contributed by atoms with E-state index in [0.717, 1.165) is 19.6 Å². The third-order valence-electron chi connectivity index (χ3n) is 2.28. The molecule has 0 amide bonds. The molecule has 1 atom stereocenters. The van der Waals surface area contributed by atoms with E-state index in [1.165, 1.54) is 0 Å². The first-order chi connectivity index (χ1) is 5.24. The Hall–Kier alpha value is -0.590. The zero-order valence-corrected chi connectivity index (χ0v) is 7.25. The summed E-state index contributed by atoms with van der Waals surface area (Å²) >= 11 is 0. The number of hydrogen-bond donors (Lipinski definition) is 0. The van der Waals surface area contributed by atoms with Gasteiger partial charge in [0.25, 0.3) is 0 Å². The number of likely N-dealkylation sites (N-methyl/N-ethyl adjacent to an activating group) is 2. The summed E-state index contributed by atoms with van der Waals surface area (Å²) in [4.78, 5) is 7.99. The lowest BCUT2D eigenvalue weighted by Crippen LogP contribution is -2.51. The zero-order valence-electron chi connectivity index (χ0n) is 7.25. The summed E-state index contributed by atoms with van der Waals surface area (Å²) in [7, 11) is 4.22. The molecular weight excluding hydrogens is 138 g/mol. The van der Waals surface area contributed by atoms with E-state index in [1.54, 1.807) is 0 Å². The maximum Gasteiger partial charge on any atom is 0.231 e. The van der Waals surface area contributed by atoms with Crippen LogP contribution < -0.4 is 0 Å². The highest BCUT2D eigenvalue weighted by atomic mass is 15.3. The highest BCUT2D eigenvalue weighted by Crippen LogP contribution is 2.05. The second kappa shape index (κ2) is 3.70. The van der Waals surface area contributed by atoms with E-state index < -0.39 is 0 Å². The standard InChI is InChI=1S/C8H15N3/c1-9-6-8-7-10(2)4-5-11(8)3/h8H,4-7H2,2-3H3/t8-/m1/s1. The van der Waals surface area contributed by atoms with Gasteiger partial charge in [-0.1, -0.05) is 0 Å². The second-order valence-corrected chi connectivity index (χ2v) is 3.24. The van der Waals surface area contributed by atoms with Crippen LogP contribution in [0.25, 0.3) is 4.85 Å². The van der Waals surface area contributed by atoms with E-state index in [-0.39, 0.29) is 0 Å². The molecule has 0 spiro atoms. The Kier molecular flexibility index (Phi) is 2.86. The predicted molar refractivity (Wildman–Crippen MR) is 45.4 cm³/mol. The maximum atomic E-state index is 6.77. The predicted octanol–water partition coefficient (Wildman–Crippen LogP) is 0.151. The lowest BCUT2D eigenvalue weighted by atomic mass is 10.2. The van der Waals surface area contributed by atoms with Crippen LogP contribution in [0.1, 0.15) is 0 Å². The van der Waals surface area contributed by atoms with Crippen molar-refractivity contribution in [1.29, 1.82) is 0 Å². The van der Waals surface area contributed by atoms with Crippen molar-refractivity contribution in [3.63, 3.8) is 0 Å². The van der Waals surface area contributed by atoms with Gasteiger partial charge in [0.05, 0.1) is 6.04 Å². The van der Waals surface area contributed by atoms with Crippen LogP contribution in [0.5, 0.6) is 0 Å². The van der Waals surface area contributed by atoms with Gasteiger partial charge in [0, 0.05) is 19.6 Å². The van der Waals surface area contributed by atoms with Crippen molar-refractivity contribution in [1.82, 2.24) is 9.80 Å². The molecule has 0 N–H and O–H groups in total. The summed E-state index contributed by atoms with van der Waals surface area (Å²) in [6.45, 7) is 10.7. The van der Waals surface area contributed by atoms with E-state index in [4.69, 9.17) is 6.57 Å². The van der Waals surface area contributed by atoms with Gasteiger partial charge in [0.1, 0.15) is 0 Å². The van der Waals surface area contributed by atoms with Gasteiger partial charge in [0.2, 0.25) is 6.54 Å². The van der Waals surface area contributed by atoms with E-state index >= 15 is 0 Å². The molecule has 0 aromatic carbocycles. The number of nitrogens with zero attached hydrogens (tertiary/aromatic N) is 3. The Labute approximate surface area is 68.4 Å². The van der Waals surface area contributed by atoms with Crippen molar-refractivity contribution < 1.29 is 0 Å². The van der Waals surface area contributed by atoms with Crippen molar-refractivity contribution >= 4 is 0 Å². The molecule has 1 aliphatic heterocycles. The lowest BCUT2D eigenvalue weighted by Gasteiger charge is -2.34. The Balaban J connectivity index is 2.42. The van der Waals surface area contributed by atoms with E-state index in [2.05, 4.69) is 28.7 Å². The van der Waals surface area contributed by atoms with Gasteiger partial charge in [-0.25, -0.2) is 6.57 Å². The average molecular weight is 153 g/mol. The largest absolute Gasteiger partial charge is 0.315 e. The highest BCUT2D eigenvalue weighted by molar-refractivity contribution is 4.84. The molecule has 0 radical (unpaired) electrons. The molecule has 11 heavy (non-hydrogen) atoms. The van der Waals surface area contributed by atoms with Crippen LogP contribution in [0.2, 0.25) is 0 Å². The van der Waals surface area contributed by atoms with Crippen LogP contribution in [0.3, 0.4) is 0 Å². The molecule has 1 heterocycles. The molecule has 62 valence electrons. The maximum absolute atomic E-state index is 6.77. The van der Waals surface area contributed by atoms with Gasteiger partial charge in [-0.05, 0) is 14.1 Å². The minimum atomic E-state index is 0.450. The van der Waals surface area contributed by atoms with Crippen LogP contribution in [-0.4, -0.2) is 56.1 Å². The third-order valence-corrected chi connectivity index (χ3v) is 2.28. The monoisotopic (exact) mass is 153 g/mol. The first kappa shape index (κ1) is 8.51. The Morgan fingerprint density at radius 3 is 2.82 bits per heavy atom. The van der Waals surface area contributed by atoms with Crippen molar-refractivity contribution in [3.05, 3.63) is 11.4 Å². The second-order valence-electron chi connectivity index (χ2n) is 3.24. The summed E-state index contributed by atoms with van der Waals surface area (Å²) in [6, 6.07) is 0.450. The minimum Gasteiger partial charge on any atom is -0.315 e. The highest BCUT2D eigenvalue weighted by Gasteiger charge is 2.23. The molecule has 1 saturated heterocycles. The fraction of sp³-hybridized carbons (Fsp3) is 0.875. The van der Waals surface area contributed by atoms with Crippen LogP contribution in [0.15, 0.2) is 0 Å². The van der Waals surface area contributed by atoms with Gasteiger partial charge in [0.15, 0.2) is 0 Å². The van der Waals surface area contributed by atoms with Crippen molar-refractivity contribution in [2.24, 2.45) is 0 Å². The van der Waals surface area contributed by atoms with Gasteiger partial charge < -0.3 is 9.74 Å². The van der Waals surface area contributed by atoms with Crippen LogP contribution in [0, 0.1) is 6.57 Å². The summed E-state index contributed by atoms with van der Waals surface area (Å²) in [6.07, 6.45) is 0. The first-order valence-electron chi connectivity index (χ1n) is 3.96. The van der Waals surface area contributed by atoms with E-state index in [0.29, 0.717) is 12.6 Å². The summed E-state index contributed by atoms with van der Waals surface area (Å²) in [5, 5.41) is 0. The first-order valence-corrected chi connectivity index (χ1v) is 3.96. The topological polar surface area (TPSA) is 10.8 Å².